The highest BCUT2D eigenvalue weighted by Gasteiger charge is 2.43. The third-order valence-electron chi connectivity index (χ3n) is 3.63. The van der Waals surface area contributed by atoms with Crippen LogP contribution in [0.1, 0.15) is 50.2 Å². The average molecular weight is 207 g/mol. The summed E-state index contributed by atoms with van der Waals surface area (Å²) in [5, 5.41) is 7.48. The Morgan fingerprint density at radius 3 is 3.00 bits per heavy atom. The first-order valence-corrected chi connectivity index (χ1v) is 5.83. The molecule has 2 fully saturated rings. The monoisotopic (exact) mass is 207 g/mol. The lowest BCUT2D eigenvalue weighted by atomic mass is 10.00. The Morgan fingerprint density at radius 1 is 1.47 bits per heavy atom. The zero-order valence-electron chi connectivity index (χ0n) is 9.12. The van der Waals surface area contributed by atoms with Gasteiger partial charge in [-0.25, -0.2) is 0 Å². The van der Waals surface area contributed by atoms with Crippen LogP contribution in [0.4, 0.5) is 0 Å². The van der Waals surface area contributed by atoms with Gasteiger partial charge >= 0.3 is 0 Å². The van der Waals surface area contributed by atoms with Gasteiger partial charge in [-0.05, 0) is 32.2 Å². The van der Waals surface area contributed by atoms with E-state index in [1.54, 1.807) is 0 Å². The average Bonchev–Trinajstić information content (AvgIpc) is 2.85. The lowest BCUT2D eigenvalue weighted by Gasteiger charge is -2.18. The first-order chi connectivity index (χ1) is 7.28. The maximum Gasteiger partial charge on any atom is 0.231 e. The van der Waals surface area contributed by atoms with Gasteiger partial charge in [0.05, 0.1) is 5.92 Å². The topological polar surface area (TPSA) is 51.0 Å². The maximum absolute atomic E-state index is 5.37. The van der Waals surface area contributed by atoms with E-state index in [9.17, 15) is 0 Å². The molecule has 0 radical (unpaired) electrons. The molecule has 15 heavy (non-hydrogen) atoms. The van der Waals surface area contributed by atoms with Gasteiger partial charge < -0.3 is 9.84 Å². The van der Waals surface area contributed by atoms with Crippen LogP contribution in [0.3, 0.4) is 0 Å². The molecule has 0 unspecified atom stereocenters. The standard InChI is InChI=1S/C11H17N3O/c1-11(4-5-11)10-13-9(15-14-10)8-3-2-6-12-7-8/h8,12H,2-7H2,1H3/t8-/m1/s1. The van der Waals surface area contributed by atoms with Crippen molar-refractivity contribution >= 4 is 0 Å². The molecule has 1 aliphatic heterocycles. The molecule has 2 aliphatic rings. The molecule has 4 nitrogen and oxygen atoms in total. The predicted octanol–water partition coefficient (Wildman–Crippen LogP) is 1.59. The van der Waals surface area contributed by atoms with Crippen molar-refractivity contribution in [1.29, 1.82) is 0 Å². The minimum Gasteiger partial charge on any atom is -0.339 e. The summed E-state index contributed by atoms with van der Waals surface area (Å²) < 4.78 is 5.37. The van der Waals surface area contributed by atoms with Gasteiger partial charge in [0.1, 0.15) is 0 Å². The van der Waals surface area contributed by atoms with E-state index in [4.69, 9.17) is 4.52 Å². The lowest BCUT2D eigenvalue weighted by molar-refractivity contribution is 0.319. The van der Waals surface area contributed by atoms with E-state index < -0.39 is 0 Å². The third kappa shape index (κ3) is 1.67. The molecule has 82 valence electrons. The summed E-state index contributed by atoms with van der Waals surface area (Å²) in [5.41, 5.74) is 0.226. The second-order valence-corrected chi connectivity index (χ2v) is 5.06. The Kier molecular flexibility index (Phi) is 2.06. The molecule has 0 aromatic carbocycles. The molecule has 4 heteroatoms. The molecule has 0 spiro atoms. The van der Waals surface area contributed by atoms with Crippen molar-refractivity contribution < 1.29 is 4.52 Å². The number of hydrogen-bond acceptors (Lipinski definition) is 4. The van der Waals surface area contributed by atoms with E-state index in [1.807, 2.05) is 0 Å². The van der Waals surface area contributed by atoms with Crippen LogP contribution in [0.2, 0.25) is 0 Å². The molecule has 3 rings (SSSR count). The molecule has 1 aromatic heterocycles. The van der Waals surface area contributed by atoms with Crippen LogP contribution in [-0.2, 0) is 5.41 Å². The van der Waals surface area contributed by atoms with Gasteiger partial charge in [0.25, 0.3) is 0 Å². The fourth-order valence-corrected chi connectivity index (χ4v) is 2.12. The smallest absolute Gasteiger partial charge is 0.231 e. The third-order valence-corrected chi connectivity index (χ3v) is 3.63. The van der Waals surface area contributed by atoms with E-state index in [-0.39, 0.29) is 5.41 Å². The molecule has 1 saturated carbocycles. The molecular formula is C11H17N3O. The summed E-state index contributed by atoms with van der Waals surface area (Å²) in [4.78, 5) is 4.55. The predicted molar refractivity (Wildman–Crippen MR) is 55.7 cm³/mol. The Morgan fingerprint density at radius 2 is 2.33 bits per heavy atom. The number of nitrogens with one attached hydrogen (secondary N) is 1. The fraction of sp³-hybridized carbons (Fsp3) is 0.818. The second-order valence-electron chi connectivity index (χ2n) is 5.06. The van der Waals surface area contributed by atoms with Crippen molar-refractivity contribution in [2.45, 2.75) is 43.9 Å². The zero-order chi connectivity index (χ0) is 10.3. The Hall–Kier alpha value is -0.900. The highest BCUT2D eigenvalue weighted by molar-refractivity contribution is 5.15. The van der Waals surface area contributed by atoms with Gasteiger partial charge in [-0.1, -0.05) is 12.1 Å². The minimum atomic E-state index is 0.226. The summed E-state index contributed by atoms with van der Waals surface area (Å²) in [6, 6.07) is 0. The van der Waals surface area contributed by atoms with Gasteiger partial charge in [-0.2, -0.15) is 4.98 Å². The molecule has 1 N–H and O–H groups in total. The highest BCUT2D eigenvalue weighted by Crippen LogP contribution is 2.46. The van der Waals surface area contributed by atoms with Crippen molar-refractivity contribution in [2.75, 3.05) is 13.1 Å². The molecule has 1 saturated heterocycles. The number of piperidine rings is 1. The molecule has 0 amide bonds. The van der Waals surface area contributed by atoms with E-state index in [0.29, 0.717) is 5.92 Å². The van der Waals surface area contributed by atoms with Crippen LogP contribution in [0.15, 0.2) is 4.52 Å². The highest BCUT2D eigenvalue weighted by atomic mass is 16.5. The Balaban J connectivity index is 1.77. The van der Waals surface area contributed by atoms with Gasteiger partial charge in [-0.3, -0.25) is 0 Å². The van der Waals surface area contributed by atoms with Crippen LogP contribution >= 0.6 is 0 Å². The van der Waals surface area contributed by atoms with Gasteiger partial charge in [0.2, 0.25) is 5.89 Å². The summed E-state index contributed by atoms with van der Waals surface area (Å²) in [5.74, 6) is 2.19. The van der Waals surface area contributed by atoms with E-state index in [2.05, 4.69) is 22.4 Å². The molecule has 1 atom stereocenters. The summed E-state index contributed by atoms with van der Waals surface area (Å²) in [7, 11) is 0. The summed E-state index contributed by atoms with van der Waals surface area (Å²) >= 11 is 0. The second kappa shape index (κ2) is 3.30. The number of rotatable bonds is 2. The van der Waals surface area contributed by atoms with E-state index >= 15 is 0 Å². The minimum absolute atomic E-state index is 0.226. The van der Waals surface area contributed by atoms with E-state index in [0.717, 1.165) is 24.8 Å². The zero-order valence-corrected chi connectivity index (χ0v) is 9.12. The SMILES string of the molecule is CC1(c2noc([C@@H]3CCCNC3)n2)CC1. The molecule has 1 aliphatic carbocycles. The Bertz CT molecular complexity index is 350. The fourth-order valence-electron chi connectivity index (χ4n) is 2.12. The Labute approximate surface area is 89.4 Å². The van der Waals surface area contributed by atoms with Gasteiger partial charge in [0, 0.05) is 12.0 Å². The first kappa shape index (κ1) is 9.33. The van der Waals surface area contributed by atoms with Crippen LogP contribution in [-0.4, -0.2) is 23.2 Å². The van der Waals surface area contributed by atoms with Gasteiger partial charge in [0.15, 0.2) is 5.82 Å². The number of nitrogens with zero attached hydrogens (tertiary/aromatic N) is 2. The largest absolute Gasteiger partial charge is 0.339 e. The molecular weight excluding hydrogens is 190 g/mol. The van der Waals surface area contributed by atoms with Crippen molar-refractivity contribution in [1.82, 2.24) is 15.5 Å². The first-order valence-electron chi connectivity index (χ1n) is 5.83. The lowest BCUT2D eigenvalue weighted by Crippen LogP contribution is -2.28. The van der Waals surface area contributed by atoms with Crippen LogP contribution in [0.25, 0.3) is 0 Å². The number of hydrogen-bond donors (Lipinski definition) is 1. The quantitative estimate of drug-likeness (QED) is 0.800. The molecule has 1 aromatic rings. The van der Waals surface area contributed by atoms with Crippen LogP contribution in [0, 0.1) is 0 Å². The van der Waals surface area contributed by atoms with Crippen molar-refractivity contribution in [3.05, 3.63) is 11.7 Å². The van der Waals surface area contributed by atoms with Crippen molar-refractivity contribution in [3.8, 4) is 0 Å². The summed E-state index contributed by atoms with van der Waals surface area (Å²) in [6.07, 6.45) is 4.79. The summed E-state index contributed by atoms with van der Waals surface area (Å²) in [6.45, 7) is 4.31. The van der Waals surface area contributed by atoms with Gasteiger partial charge in [-0.15, -0.1) is 0 Å². The van der Waals surface area contributed by atoms with E-state index in [1.165, 1.54) is 25.7 Å². The molecule has 0 bridgehead atoms. The van der Waals surface area contributed by atoms with Crippen LogP contribution in [0.5, 0.6) is 0 Å². The molecule has 2 heterocycles. The van der Waals surface area contributed by atoms with Crippen molar-refractivity contribution in [3.63, 3.8) is 0 Å². The van der Waals surface area contributed by atoms with Crippen LogP contribution < -0.4 is 5.32 Å². The van der Waals surface area contributed by atoms with Crippen molar-refractivity contribution in [2.24, 2.45) is 0 Å². The number of aromatic nitrogens is 2. The normalized spacial score (nSPS) is 29.0. The maximum atomic E-state index is 5.37.